The summed E-state index contributed by atoms with van der Waals surface area (Å²) in [5.74, 6) is 0.159. The molecular weight excluding hydrogens is 412 g/mol. The third kappa shape index (κ3) is 5.95. The maximum atomic E-state index is 13.3. The monoisotopic (exact) mass is 438 g/mol. The molecule has 0 unspecified atom stereocenters. The van der Waals surface area contributed by atoms with Crippen molar-refractivity contribution in [3.05, 3.63) is 59.1 Å². The second-order valence-corrected chi connectivity index (χ2v) is 8.78. The van der Waals surface area contributed by atoms with Crippen LogP contribution in [0.4, 0.5) is 0 Å². The number of amides is 1. The van der Waals surface area contributed by atoms with E-state index in [1.807, 2.05) is 44.2 Å². The number of likely N-dealkylation sites (N-methyl/N-ethyl adjacent to an activating group) is 1. The molecule has 0 aliphatic heterocycles. The lowest BCUT2D eigenvalue weighted by Crippen LogP contribution is -2.43. The van der Waals surface area contributed by atoms with E-state index in [4.69, 9.17) is 16.3 Å². The van der Waals surface area contributed by atoms with Gasteiger partial charge in [0, 0.05) is 19.6 Å². The number of hydrogen-bond donors (Lipinski definition) is 0. The summed E-state index contributed by atoms with van der Waals surface area (Å²) in [6.07, 6.45) is 0.496. The first-order valence-electron chi connectivity index (χ1n) is 9.48. The largest absolute Gasteiger partial charge is 0.495 e. The van der Waals surface area contributed by atoms with Gasteiger partial charge in [0.05, 0.1) is 23.6 Å². The number of hydrogen-bond acceptors (Lipinski definition) is 4. The van der Waals surface area contributed by atoms with E-state index in [0.29, 0.717) is 25.3 Å². The Bertz CT molecular complexity index is 916. The Morgan fingerprint density at radius 1 is 1.07 bits per heavy atom. The maximum absolute atomic E-state index is 13.3. The molecule has 0 spiro atoms. The normalized spacial score (nSPS) is 11.5. The molecule has 0 bridgehead atoms. The standard InChI is InChI=1S/C21H27ClN2O4S/c1-4-23(5-2)21(25)16-24(14-13-17-9-7-6-8-10-17)29(26,27)18-11-12-20(28-3)19(22)15-18/h6-12,15H,4-5,13-14,16H2,1-3H3. The van der Waals surface area contributed by atoms with E-state index in [1.54, 1.807) is 4.90 Å². The third-order valence-corrected chi connectivity index (χ3v) is 6.82. The summed E-state index contributed by atoms with van der Waals surface area (Å²) in [6.45, 7) is 4.75. The predicted molar refractivity (Wildman–Crippen MR) is 115 cm³/mol. The molecule has 2 aromatic rings. The number of halogens is 1. The Hall–Kier alpha value is -2.09. The molecule has 0 fully saturated rings. The maximum Gasteiger partial charge on any atom is 0.243 e. The van der Waals surface area contributed by atoms with Crippen LogP contribution in [0.15, 0.2) is 53.4 Å². The van der Waals surface area contributed by atoms with E-state index in [2.05, 4.69) is 0 Å². The molecule has 2 aromatic carbocycles. The van der Waals surface area contributed by atoms with Crippen LogP contribution in [0.1, 0.15) is 19.4 Å². The fraction of sp³-hybridized carbons (Fsp3) is 0.381. The Morgan fingerprint density at radius 3 is 2.28 bits per heavy atom. The highest BCUT2D eigenvalue weighted by molar-refractivity contribution is 7.89. The lowest BCUT2D eigenvalue weighted by atomic mass is 10.1. The van der Waals surface area contributed by atoms with Crippen LogP contribution >= 0.6 is 11.6 Å². The molecule has 2 rings (SSSR count). The molecular formula is C21H27ClN2O4S. The predicted octanol–water partition coefficient (Wildman–Crippen LogP) is 3.45. The minimum atomic E-state index is -3.92. The molecule has 6 nitrogen and oxygen atoms in total. The van der Waals surface area contributed by atoms with E-state index < -0.39 is 10.0 Å². The summed E-state index contributed by atoms with van der Waals surface area (Å²) in [5.41, 5.74) is 0.996. The number of rotatable bonds is 10. The molecule has 1 amide bonds. The van der Waals surface area contributed by atoms with Crippen LogP contribution in [0.3, 0.4) is 0 Å². The van der Waals surface area contributed by atoms with E-state index in [0.717, 1.165) is 5.56 Å². The average Bonchev–Trinajstić information content (AvgIpc) is 2.72. The minimum absolute atomic E-state index is 0.0312. The van der Waals surface area contributed by atoms with Crippen molar-refractivity contribution < 1.29 is 17.9 Å². The molecule has 0 N–H and O–H groups in total. The van der Waals surface area contributed by atoms with Gasteiger partial charge in [0.1, 0.15) is 5.75 Å². The van der Waals surface area contributed by atoms with Crippen molar-refractivity contribution in [3.8, 4) is 5.75 Å². The van der Waals surface area contributed by atoms with Gasteiger partial charge in [-0.1, -0.05) is 41.9 Å². The second-order valence-electron chi connectivity index (χ2n) is 6.44. The molecule has 0 aliphatic carbocycles. The Morgan fingerprint density at radius 2 is 1.72 bits per heavy atom. The topological polar surface area (TPSA) is 66.9 Å². The summed E-state index contributed by atoms with van der Waals surface area (Å²) < 4.78 is 32.9. The quantitative estimate of drug-likeness (QED) is 0.569. The van der Waals surface area contributed by atoms with Crippen molar-refractivity contribution in [3.63, 3.8) is 0 Å². The molecule has 0 aromatic heterocycles. The fourth-order valence-electron chi connectivity index (χ4n) is 2.97. The SMILES string of the molecule is CCN(CC)C(=O)CN(CCc1ccccc1)S(=O)(=O)c1ccc(OC)c(Cl)c1. The van der Waals surface area contributed by atoms with Gasteiger partial charge in [0.2, 0.25) is 15.9 Å². The first kappa shape index (κ1) is 23.2. The van der Waals surface area contributed by atoms with Gasteiger partial charge >= 0.3 is 0 Å². The van der Waals surface area contributed by atoms with E-state index >= 15 is 0 Å². The van der Waals surface area contributed by atoms with Gasteiger partial charge in [-0.2, -0.15) is 4.31 Å². The molecule has 0 saturated carbocycles. The van der Waals surface area contributed by atoms with E-state index in [9.17, 15) is 13.2 Å². The zero-order valence-corrected chi connectivity index (χ0v) is 18.5. The molecule has 29 heavy (non-hydrogen) atoms. The highest BCUT2D eigenvalue weighted by atomic mass is 35.5. The van der Waals surface area contributed by atoms with Crippen molar-refractivity contribution in [1.29, 1.82) is 0 Å². The molecule has 0 heterocycles. The van der Waals surface area contributed by atoms with Crippen molar-refractivity contribution in [2.45, 2.75) is 25.2 Å². The first-order valence-corrected chi connectivity index (χ1v) is 11.3. The fourth-order valence-corrected chi connectivity index (χ4v) is 4.71. The second kappa shape index (κ2) is 10.6. The number of sulfonamides is 1. The number of carbonyl (C=O) groups excluding carboxylic acids is 1. The van der Waals surface area contributed by atoms with Crippen LogP contribution in [0.5, 0.6) is 5.75 Å². The van der Waals surface area contributed by atoms with Crippen molar-refractivity contribution in [2.24, 2.45) is 0 Å². The van der Waals surface area contributed by atoms with Crippen LogP contribution in [0.2, 0.25) is 5.02 Å². The summed E-state index contributed by atoms with van der Waals surface area (Å²) in [6, 6.07) is 13.9. The van der Waals surface area contributed by atoms with Crippen LogP contribution in [0.25, 0.3) is 0 Å². The molecule has 0 saturated heterocycles. The first-order chi connectivity index (χ1) is 13.8. The summed E-state index contributed by atoms with van der Waals surface area (Å²) in [4.78, 5) is 14.3. The molecule has 158 valence electrons. The van der Waals surface area contributed by atoms with Crippen molar-refractivity contribution >= 4 is 27.5 Å². The molecule has 0 radical (unpaired) electrons. The van der Waals surface area contributed by atoms with Gasteiger partial charge in [-0.3, -0.25) is 4.79 Å². The van der Waals surface area contributed by atoms with Gasteiger partial charge in [-0.05, 0) is 44.0 Å². The Labute approximate surface area is 178 Å². The lowest BCUT2D eigenvalue weighted by Gasteiger charge is -2.26. The van der Waals surface area contributed by atoms with Crippen molar-refractivity contribution in [1.82, 2.24) is 9.21 Å². The van der Waals surface area contributed by atoms with E-state index in [1.165, 1.54) is 29.6 Å². The van der Waals surface area contributed by atoms with Gasteiger partial charge in [-0.15, -0.1) is 0 Å². The zero-order chi connectivity index (χ0) is 21.4. The molecule has 0 aliphatic rings. The highest BCUT2D eigenvalue weighted by Crippen LogP contribution is 2.28. The number of carbonyl (C=O) groups is 1. The van der Waals surface area contributed by atoms with Gasteiger partial charge < -0.3 is 9.64 Å². The van der Waals surface area contributed by atoms with Gasteiger partial charge in [-0.25, -0.2) is 8.42 Å². The number of nitrogens with zero attached hydrogens (tertiary/aromatic N) is 2. The minimum Gasteiger partial charge on any atom is -0.495 e. The molecule has 8 heteroatoms. The van der Waals surface area contributed by atoms with Crippen LogP contribution in [-0.2, 0) is 21.2 Å². The van der Waals surface area contributed by atoms with Crippen LogP contribution in [0, 0.1) is 0 Å². The highest BCUT2D eigenvalue weighted by Gasteiger charge is 2.28. The van der Waals surface area contributed by atoms with Gasteiger partial charge in [0.25, 0.3) is 0 Å². The third-order valence-electron chi connectivity index (χ3n) is 4.68. The van der Waals surface area contributed by atoms with E-state index in [-0.39, 0.29) is 28.9 Å². The van der Waals surface area contributed by atoms with Crippen LogP contribution in [-0.4, -0.2) is 56.8 Å². The Kier molecular flexibility index (Phi) is 8.49. The van der Waals surface area contributed by atoms with Crippen LogP contribution < -0.4 is 4.74 Å². The Balaban J connectivity index is 2.33. The number of benzene rings is 2. The smallest absolute Gasteiger partial charge is 0.243 e. The summed E-state index contributed by atoms with van der Waals surface area (Å²) in [7, 11) is -2.46. The summed E-state index contributed by atoms with van der Waals surface area (Å²) in [5, 5.41) is 0.201. The number of methoxy groups -OCH3 is 1. The lowest BCUT2D eigenvalue weighted by molar-refractivity contribution is -0.131. The van der Waals surface area contributed by atoms with Crippen molar-refractivity contribution in [2.75, 3.05) is 33.3 Å². The summed E-state index contributed by atoms with van der Waals surface area (Å²) >= 11 is 6.13. The molecule has 0 atom stereocenters. The zero-order valence-electron chi connectivity index (χ0n) is 17.0. The number of ether oxygens (including phenoxy) is 1. The average molecular weight is 439 g/mol. The van der Waals surface area contributed by atoms with Gasteiger partial charge in [0.15, 0.2) is 0 Å².